The maximum Gasteiger partial charge on any atom is 0.146 e. The second kappa shape index (κ2) is 5.18. The van der Waals surface area contributed by atoms with Crippen LogP contribution in [0.5, 0.6) is 11.5 Å². The molecule has 0 unspecified atom stereocenters. The van der Waals surface area contributed by atoms with Gasteiger partial charge in [-0.05, 0) is 40.5 Å². The minimum atomic E-state index is -0.0170. The molecule has 0 aliphatic rings. The lowest BCUT2D eigenvalue weighted by Gasteiger charge is -2.12. The van der Waals surface area contributed by atoms with Crippen LogP contribution in [0.15, 0.2) is 41.1 Å². The largest absolute Gasteiger partial charge is 0.455 e. The van der Waals surface area contributed by atoms with Gasteiger partial charge in [0.1, 0.15) is 17.3 Å². The molecule has 0 saturated carbocycles. The van der Waals surface area contributed by atoms with Crippen molar-refractivity contribution < 1.29 is 4.74 Å². The van der Waals surface area contributed by atoms with E-state index in [-0.39, 0.29) is 5.84 Å². The van der Waals surface area contributed by atoms with E-state index in [1.54, 1.807) is 18.5 Å². The molecule has 4 nitrogen and oxygen atoms in total. The molecule has 0 fully saturated rings. The average molecular weight is 306 g/mol. The van der Waals surface area contributed by atoms with Crippen molar-refractivity contribution in [3.63, 3.8) is 0 Å². The second-order valence-corrected chi connectivity index (χ2v) is 4.72. The maximum atomic E-state index is 7.55. The number of pyridine rings is 1. The summed E-state index contributed by atoms with van der Waals surface area (Å²) < 4.78 is 6.60. The number of halogens is 1. The monoisotopic (exact) mass is 305 g/mol. The normalized spacial score (nSPS) is 10.1. The van der Waals surface area contributed by atoms with Crippen LogP contribution in [0.4, 0.5) is 0 Å². The molecular formula is C13H12BrN3O. The number of hydrogen-bond donors (Lipinski definition) is 2. The van der Waals surface area contributed by atoms with Crippen LogP contribution in [-0.2, 0) is 0 Å². The molecule has 0 bridgehead atoms. The Morgan fingerprint density at radius 1 is 1.39 bits per heavy atom. The number of nitrogens with one attached hydrogen (secondary N) is 1. The molecule has 0 spiro atoms. The number of benzene rings is 1. The summed E-state index contributed by atoms with van der Waals surface area (Å²) >= 11 is 3.33. The number of rotatable bonds is 3. The highest BCUT2D eigenvalue weighted by Gasteiger charge is 2.10. The van der Waals surface area contributed by atoms with Gasteiger partial charge in [0, 0.05) is 10.7 Å². The first-order valence-electron chi connectivity index (χ1n) is 5.30. The molecule has 1 aromatic heterocycles. The molecule has 3 N–H and O–H groups in total. The van der Waals surface area contributed by atoms with E-state index in [0.29, 0.717) is 17.1 Å². The first kappa shape index (κ1) is 12.6. The highest BCUT2D eigenvalue weighted by Crippen LogP contribution is 2.29. The minimum absolute atomic E-state index is 0.0170. The third kappa shape index (κ3) is 2.68. The van der Waals surface area contributed by atoms with Crippen LogP contribution in [0.3, 0.4) is 0 Å². The molecule has 0 saturated heterocycles. The molecule has 0 aliphatic heterocycles. The van der Waals surface area contributed by atoms with Crippen LogP contribution < -0.4 is 10.5 Å². The number of nitrogens with zero attached hydrogens (tertiary/aromatic N) is 1. The molecule has 0 atom stereocenters. The fourth-order valence-electron chi connectivity index (χ4n) is 1.57. The summed E-state index contributed by atoms with van der Waals surface area (Å²) in [7, 11) is 0. The number of nitrogen functional groups attached to an aromatic ring is 1. The van der Waals surface area contributed by atoms with Gasteiger partial charge in [0.15, 0.2) is 0 Å². The van der Waals surface area contributed by atoms with Crippen LogP contribution in [-0.4, -0.2) is 10.8 Å². The molecule has 92 valence electrons. The van der Waals surface area contributed by atoms with Gasteiger partial charge < -0.3 is 10.5 Å². The summed E-state index contributed by atoms with van der Waals surface area (Å²) in [6.45, 7) is 1.91. The number of hydrogen-bond acceptors (Lipinski definition) is 3. The van der Waals surface area contributed by atoms with Gasteiger partial charge in [-0.15, -0.1) is 0 Å². The topological polar surface area (TPSA) is 72.0 Å². The zero-order valence-electron chi connectivity index (χ0n) is 9.77. The third-order valence-corrected chi connectivity index (χ3v) is 2.84. The van der Waals surface area contributed by atoms with Crippen LogP contribution >= 0.6 is 15.9 Å². The van der Waals surface area contributed by atoms with Crippen molar-refractivity contribution in [2.24, 2.45) is 5.73 Å². The lowest BCUT2D eigenvalue weighted by atomic mass is 10.1. The SMILES string of the molecule is Cc1cccc(C(=N)N)c1Oc1cncc(Br)c1. The van der Waals surface area contributed by atoms with E-state index >= 15 is 0 Å². The van der Waals surface area contributed by atoms with Gasteiger partial charge in [-0.2, -0.15) is 0 Å². The van der Waals surface area contributed by atoms with E-state index in [0.717, 1.165) is 10.0 Å². The van der Waals surface area contributed by atoms with Crippen LogP contribution in [0.2, 0.25) is 0 Å². The molecule has 1 aromatic carbocycles. The van der Waals surface area contributed by atoms with E-state index in [9.17, 15) is 0 Å². The summed E-state index contributed by atoms with van der Waals surface area (Å²) in [5.74, 6) is 1.17. The summed E-state index contributed by atoms with van der Waals surface area (Å²) in [4.78, 5) is 4.03. The van der Waals surface area contributed by atoms with Gasteiger partial charge in [0.05, 0.1) is 11.8 Å². The number of nitrogens with two attached hydrogens (primary N) is 1. The second-order valence-electron chi connectivity index (χ2n) is 3.81. The van der Waals surface area contributed by atoms with Crippen molar-refractivity contribution in [1.82, 2.24) is 4.98 Å². The van der Waals surface area contributed by atoms with Gasteiger partial charge >= 0.3 is 0 Å². The quantitative estimate of drug-likeness (QED) is 0.675. The first-order chi connectivity index (χ1) is 8.58. The Morgan fingerprint density at radius 2 is 2.17 bits per heavy atom. The van der Waals surface area contributed by atoms with Crippen molar-refractivity contribution in [1.29, 1.82) is 5.41 Å². The summed E-state index contributed by atoms with van der Waals surface area (Å²) in [5.41, 5.74) is 7.04. The van der Waals surface area contributed by atoms with Crippen molar-refractivity contribution in [2.75, 3.05) is 0 Å². The van der Waals surface area contributed by atoms with Crippen molar-refractivity contribution in [3.8, 4) is 11.5 Å². The van der Waals surface area contributed by atoms with Crippen molar-refractivity contribution >= 4 is 21.8 Å². The van der Waals surface area contributed by atoms with Gasteiger partial charge in [0.2, 0.25) is 0 Å². The molecule has 0 amide bonds. The highest BCUT2D eigenvalue weighted by molar-refractivity contribution is 9.10. The summed E-state index contributed by atoms with van der Waals surface area (Å²) in [5, 5.41) is 7.55. The van der Waals surface area contributed by atoms with Gasteiger partial charge in [0.25, 0.3) is 0 Å². The highest BCUT2D eigenvalue weighted by atomic mass is 79.9. The molecule has 1 heterocycles. The fraction of sp³-hybridized carbons (Fsp3) is 0.0769. The smallest absolute Gasteiger partial charge is 0.146 e. The van der Waals surface area contributed by atoms with Gasteiger partial charge in [-0.25, -0.2) is 0 Å². The lowest BCUT2D eigenvalue weighted by molar-refractivity contribution is 0.475. The molecule has 2 aromatic rings. The zero-order valence-corrected chi connectivity index (χ0v) is 11.4. The molecule has 5 heteroatoms. The van der Waals surface area contributed by atoms with Gasteiger partial charge in [-0.1, -0.05) is 12.1 Å². The number of aryl methyl sites for hydroxylation is 1. The number of amidine groups is 1. The predicted molar refractivity (Wildman–Crippen MR) is 74.2 cm³/mol. The van der Waals surface area contributed by atoms with E-state index in [4.69, 9.17) is 15.9 Å². The Labute approximate surface area is 113 Å². The van der Waals surface area contributed by atoms with Crippen LogP contribution in [0.25, 0.3) is 0 Å². The number of aromatic nitrogens is 1. The van der Waals surface area contributed by atoms with Crippen LogP contribution in [0.1, 0.15) is 11.1 Å². The Bertz CT molecular complexity index is 599. The fourth-order valence-corrected chi connectivity index (χ4v) is 1.91. The number of para-hydroxylation sites is 1. The average Bonchev–Trinajstić information content (AvgIpc) is 2.31. The van der Waals surface area contributed by atoms with E-state index < -0.39 is 0 Å². The third-order valence-electron chi connectivity index (χ3n) is 2.40. The Kier molecular flexibility index (Phi) is 3.62. The van der Waals surface area contributed by atoms with Crippen molar-refractivity contribution in [3.05, 3.63) is 52.3 Å². The lowest BCUT2D eigenvalue weighted by Crippen LogP contribution is -2.12. The van der Waals surface area contributed by atoms with Crippen LogP contribution in [0, 0.1) is 12.3 Å². The first-order valence-corrected chi connectivity index (χ1v) is 6.09. The molecule has 18 heavy (non-hydrogen) atoms. The summed E-state index contributed by atoms with van der Waals surface area (Å²) in [6.07, 6.45) is 3.29. The van der Waals surface area contributed by atoms with Crippen molar-refractivity contribution in [2.45, 2.75) is 6.92 Å². The molecule has 0 radical (unpaired) electrons. The molecule has 0 aliphatic carbocycles. The Balaban J connectivity index is 2.42. The molecular weight excluding hydrogens is 294 g/mol. The minimum Gasteiger partial charge on any atom is -0.455 e. The van der Waals surface area contributed by atoms with E-state index in [2.05, 4.69) is 20.9 Å². The predicted octanol–water partition coefficient (Wildman–Crippen LogP) is 3.23. The zero-order chi connectivity index (χ0) is 13.1. The Hall–Kier alpha value is -1.88. The van der Waals surface area contributed by atoms with E-state index in [1.807, 2.05) is 25.1 Å². The maximum absolute atomic E-state index is 7.55. The standard InChI is InChI=1S/C13H12BrN3O/c1-8-3-2-4-11(13(15)16)12(8)18-10-5-9(14)6-17-7-10/h2-7H,1H3,(H3,15,16). The van der Waals surface area contributed by atoms with Gasteiger partial charge in [-0.3, -0.25) is 10.4 Å². The summed E-state index contributed by atoms with van der Waals surface area (Å²) in [6, 6.07) is 7.32. The Morgan fingerprint density at radius 3 is 2.83 bits per heavy atom. The number of ether oxygens (including phenoxy) is 1. The molecule has 2 rings (SSSR count). The van der Waals surface area contributed by atoms with E-state index in [1.165, 1.54) is 0 Å².